The van der Waals surface area contributed by atoms with Gasteiger partial charge in [0.1, 0.15) is 0 Å². The van der Waals surface area contributed by atoms with E-state index in [1.807, 2.05) is 6.07 Å². The molecule has 1 aliphatic rings. The van der Waals surface area contributed by atoms with E-state index in [0.717, 1.165) is 5.69 Å². The van der Waals surface area contributed by atoms with Crippen LogP contribution in [-0.2, 0) is 15.6 Å². The van der Waals surface area contributed by atoms with Crippen LogP contribution in [0, 0.1) is 0 Å². The first-order valence-corrected chi connectivity index (χ1v) is 10.1. The highest BCUT2D eigenvalue weighted by molar-refractivity contribution is 5.89. The minimum atomic E-state index is -0.332. The Labute approximate surface area is 168 Å². The highest BCUT2D eigenvalue weighted by Gasteiger charge is 2.36. The Morgan fingerprint density at radius 1 is 1.04 bits per heavy atom. The zero-order valence-corrected chi connectivity index (χ0v) is 17.9. The summed E-state index contributed by atoms with van der Waals surface area (Å²) in [5.41, 5.74) is 7.06. The van der Waals surface area contributed by atoms with Gasteiger partial charge in [-0.15, -0.1) is 0 Å². The first kappa shape index (κ1) is 20.3. The standard InChI is InChI=1S/C25H31NO2/c1-7-28-23(27)19-8-10-20(26-16-19)14-17(2)18-9-11-21-22(15-18)25(5,6)13-12-24(21,3)4/h8-11,14-16H,7,12-13H2,1-6H3/b17-14+. The molecule has 0 unspecified atom stereocenters. The molecule has 3 heteroatoms. The molecule has 0 saturated carbocycles. The second-order valence-electron chi connectivity index (χ2n) is 9.05. The number of hydrogen-bond acceptors (Lipinski definition) is 3. The second kappa shape index (κ2) is 7.54. The highest BCUT2D eigenvalue weighted by atomic mass is 16.5. The summed E-state index contributed by atoms with van der Waals surface area (Å²) in [6.45, 7) is 13.7. The molecule has 2 aromatic rings. The van der Waals surface area contributed by atoms with Crippen molar-refractivity contribution in [2.75, 3.05) is 6.61 Å². The monoisotopic (exact) mass is 377 g/mol. The van der Waals surface area contributed by atoms with Crippen molar-refractivity contribution in [1.82, 2.24) is 4.98 Å². The van der Waals surface area contributed by atoms with E-state index in [1.165, 1.54) is 35.1 Å². The van der Waals surface area contributed by atoms with Gasteiger partial charge in [0.05, 0.1) is 17.9 Å². The van der Waals surface area contributed by atoms with E-state index >= 15 is 0 Å². The predicted octanol–water partition coefficient (Wildman–Crippen LogP) is 6.17. The molecule has 1 aliphatic carbocycles. The first-order chi connectivity index (χ1) is 13.1. The van der Waals surface area contributed by atoms with Crippen LogP contribution >= 0.6 is 0 Å². The maximum Gasteiger partial charge on any atom is 0.339 e. The molecule has 3 rings (SSSR count). The Morgan fingerprint density at radius 2 is 1.68 bits per heavy atom. The van der Waals surface area contributed by atoms with E-state index in [1.54, 1.807) is 19.2 Å². The van der Waals surface area contributed by atoms with Crippen molar-refractivity contribution in [2.24, 2.45) is 0 Å². The van der Waals surface area contributed by atoms with E-state index < -0.39 is 0 Å². The van der Waals surface area contributed by atoms with Gasteiger partial charge in [-0.3, -0.25) is 4.98 Å². The molecule has 1 aromatic carbocycles. The van der Waals surface area contributed by atoms with Gasteiger partial charge >= 0.3 is 5.97 Å². The summed E-state index contributed by atoms with van der Waals surface area (Å²) < 4.78 is 5.01. The number of esters is 1. The average molecular weight is 378 g/mol. The topological polar surface area (TPSA) is 39.2 Å². The maximum absolute atomic E-state index is 11.8. The fourth-order valence-electron chi connectivity index (χ4n) is 3.96. The summed E-state index contributed by atoms with van der Waals surface area (Å²) in [4.78, 5) is 16.2. The lowest BCUT2D eigenvalue weighted by atomic mass is 9.63. The quantitative estimate of drug-likeness (QED) is 0.598. The van der Waals surface area contributed by atoms with Crippen molar-refractivity contribution in [3.05, 3.63) is 64.5 Å². The van der Waals surface area contributed by atoms with Gasteiger partial charge < -0.3 is 4.74 Å². The van der Waals surface area contributed by atoms with E-state index in [0.29, 0.717) is 12.2 Å². The van der Waals surface area contributed by atoms with Crippen LogP contribution in [0.15, 0.2) is 36.5 Å². The van der Waals surface area contributed by atoms with E-state index in [4.69, 9.17) is 4.74 Å². The summed E-state index contributed by atoms with van der Waals surface area (Å²) in [6.07, 6.45) is 6.07. The summed E-state index contributed by atoms with van der Waals surface area (Å²) >= 11 is 0. The van der Waals surface area contributed by atoms with Crippen LogP contribution < -0.4 is 0 Å². The number of benzene rings is 1. The average Bonchev–Trinajstić information content (AvgIpc) is 2.66. The molecule has 148 valence electrons. The molecule has 0 radical (unpaired) electrons. The van der Waals surface area contributed by atoms with Gasteiger partial charge in [-0.1, -0.05) is 45.9 Å². The van der Waals surface area contributed by atoms with Crippen LogP contribution in [0.3, 0.4) is 0 Å². The SMILES string of the molecule is CCOC(=O)c1ccc(/C=C(\C)c2ccc3c(c2)C(C)(C)CCC3(C)C)nc1. The van der Waals surface area contributed by atoms with Crippen LogP contribution in [0.5, 0.6) is 0 Å². The third kappa shape index (κ3) is 4.04. The Bertz CT molecular complexity index is 905. The minimum Gasteiger partial charge on any atom is -0.462 e. The third-order valence-electron chi connectivity index (χ3n) is 5.97. The van der Waals surface area contributed by atoms with Crippen molar-refractivity contribution >= 4 is 17.6 Å². The molecular weight excluding hydrogens is 346 g/mol. The molecule has 0 aliphatic heterocycles. The number of pyridine rings is 1. The van der Waals surface area contributed by atoms with E-state index in [-0.39, 0.29) is 16.8 Å². The van der Waals surface area contributed by atoms with Gasteiger partial charge in [0.2, 0.25) is 0 Å². The number of ether oxygens (including phenoxy) is 1. The predicted molar refractivity (Wildman–Crippen MR) is 115 cm³/mol. The van der Waals surface area contributed by atoms with Gasteiger partial charge in [-0.2, -0.15) is 0 Å². The van der Waals surface area contributed by atoms with E-state index in [9.17, 15) is 4.79 Å². The number of nitrogens with zero attached hydrogens (tertiary/aromatic N) is 1. The van der Waals surface area contributed by atoms with Crippen molar-refractivity contribution < 1.29 is 9.53 Å². The van der Waals surface area contributed by atoms with Crippen LogP contribution in [0.2, 0.25) is 0 Å². The summed E-state index contributed by atoms with van der Waals surface area (Å²) in [7, 11) is 0. The Morgan fingerprint density at radius 3 is 2.29 bits per heavy atom. The molecule has 0 spiro atoms. The largest absolute Gasteiger partial charge is 0.462 e. The van der Waals surface area contributed by atoms with Gasteiger partial charge in [-0.05, 0) is 78.0 Å². The molecule has 0 amide bonds. The number of carbonyl (C=O) groups is 1. The number of rotatable bonds is 4. The summed E-state index contributed by atoms with van der Waals surface area (Å²) in [6, 6.07) is 10.5. The molecule has 0 fully saturated rings. The van der Waals surface area contributed by atoms with Crippen LogP contribution in [0.1, 0.15) is 87.1 Å². The third-order valence-corrected chi connectivity index (χ3v) is 5.97. The van der Waals surface area contributed by atoms with Gasteiger partial charge in [0, 0.05) is 6.20 Å². The lowest BCUT2D eigenvalue weighted by molar-refractivity contribution is 0.0526. The molecule has 28 heavy (non-hydrogen) atoms. The minimum absolute atomic E-state index is 0.195. The van der Waals surface area contributed by atoms with Gasteiger partial charge in [0.15, 0.2) is 0 Å². The van der Waals surface area contributed by atoms with Crippen molar-refractivity contribution in [1.29, 1.82) is 0 Å². The smallest absolute Gasteiger partial charge is 0.339 e. The number of allylic oxidation sites excluding steroid dienone is 1. The summed E-state index contributed by atoms with van der Waals surface area (Å²) in [5, 5.41) is 0. The Kier molecular flexibility index (Phi) is 5.47. The number of aromatic nitrogens is 1. The van der Waals surface area contributed by atoms with Crippen molar-refractivity contribution in [2.45, 2.75) is 65.2 Å². The molecule has 1 heterocycles. The Balaban J connectivity index is 1.91. The van der Waals surface area contributed by atoms with Crippen LogP contribution in [0.25, 0.3) is 11.6 Å². The number of hydrogen-bond donors (Lipinski definition) is 0. The lowest BCUT2D eigenvalue weighted by Crippen LogP contribution is -2.33. The van der Waals surface area contributed by atoms with Crippen LogP contribution in [0.4, 0.5) is 0 Å². The van der Waals surface area contributed by atoms with Gasteiger partial charge in [0.25, 0.3) is 0 Å². The molecule has 0 bridgehead atoms. The fraction of sp³-hybridized carbons (Fsp3) is 0.440. The second-order valence-corrected chi connectivity index (χ2v) is 9.05. The van der Waals surface area contributed by atoms with Crippen molar-refractivity contribution in [3.63, 3.8) is 0 Å². The normalized spacial score (nSPS) is 17.7. The zero-order chi connectivity index (χ0) is 20.5. The van der Waals surface area contributed by atoms with Crippen LogP contribution in [-0.4, -0.2) is 17.6 Å². The Hall–Kier alpha value is -2.42. The highest BCUT2D eigenvalue weighted by Crippen LogP contribution is 2.46. The molecule has 1 aromatic heterocycles. The summed E-state index contributed by atoms with van der Waals surface area (Å²) in [5.74, 6) is -0.332. The van der Waals surface area contributed by atoms with Crippen molar-refractivity contribution in [3.8, 4) is 0 Å². The molecule has 0 atom stereocenters. The molecule has 0 saturated heterocycles. The van der Waals surface area contributed by atoms with Gasteiger partial charge in [-0.25, -0.2) is 4.79 Å². The lowest BCUT2D eigenvalue weighted by Gasteiger charge is -2.42. The molecule has 3 nitrogen and oxygen atoms in total. The molecular formula is C25H31NO2. The van der Waals surface area contributed by atoms with E-state index in [2.05, 4.69) is 63.9 Å². The first-order valence-electron chi connectivity index (χ1n) is 10.1. The number of carbonyl (C=O) groups excluding carboxylic acids is 1. The fourth-order valence-corrected chi connectivity index (χ4v) is 3.96. The number of fused-ring (bicyclic) bond motifs is 1. The molecule has 0 N–H and O–H groups in total. The maximum atomic E-state index is 11.8. The zero-order valence-electron chi connectivity index (χ0n) is 17.9.